The fourth-order valence-electron chi connectivity index (χ4n) is 4.19. The number of aliphatic imine (C=N–C) groups is 1. The average Bonchev–Trinajstić information content (AvgIpc) is 3.47. The molecule has 33 heavy (non-hydrogen) atoms. The van der Waals surface area contributed by atoms with Gasteiger partial charge in [-0.3, -0.25) is 4.90 Å². The highest BCUT2D eigenvalue weighted by atomic mass is 16.3. The molecule has 0 amide bonds. The van der Waals surface area contributed by atoms with Crippen molar-refractivity contribution < 1.29 is 4.42 Å². The molecule has 3 aromatic rings. The molecule has 0 bridgehead atoms. The molecule has 0 aliphatic carbocycles. The zero-order chi connectivity index (χ0) is 23.0. The first-order valence-electron chi connectivity index (χ1n) is 11.9. The molecule has 1 atom stereocenters. The monoisotopic (exact) mass is 449 g/mol. The van der Waals surface area contributed by atoms with Crippen molar-refractivity contribution in [3.8, 4) is 0 Å². The normalized spacial score (nSPS) is 16.1. The fourth-order valence-corrected chi connectivity index (χ4v) is 4.19. The minimum Gasteiger partial charge on any atom is -0.468 e. The molecule has 0 saturated heterocycles. The van der Waals surface area contributed by atoms with Crippen molar-refractivity contribution in [3.05, 3.63) is 71.2 Å². The largest absolute Gasteiger partial charge is 0.468 e. The van der Waals surface area contributed by atoms with Crippen LogP contribution in [0.2, 0.25) is 0 Å². The predicted molar refractivity (Wildman–Crippen MR) is 130 cm³/mol. The summed E-state index contributed by atoms with van der Waals surface area (Å²) in [6.45, 7) is 8.08. The van der Waals surface area contributed by atoms with Crippen LogP contribution in [-0.2, 0) is 39.0 Å². The summed E-state index contributed by atoms with van der Waals surface area (Å²) >= 11 is 0. The molecule has 176 valence electrons. The molecule has 0 spiro atoms. The third-order valence-corrected chi connectivity index (χ3v) is 5.88. The van der Waals surface area contributed by atoms with Gasteiger partial charge in [0, 0.05) is 32.0 Å². The Morgan fingerprint density at radius 1 is 1.18 bits per heavy atom. The number of benzene rings is 1. The summed E-state index contributed by atoms with van der Waals surface area (Å²) in [7, 11) is 2.11. The van der Waals surface area contributed by atoms with E-state index in [1.165, 1.54) is 11.1 Å². The van der Waals surface area contributed by atoms with Gasteiger partial charge < -0.3 is 15.1 Å². The molecule has 2 N–H and O–H groups in total. The van der Waals surface area contributed by atoms with Crippen LogP contribution in [-0.4, -0.2) is 45.3 Å². The molecule has 1 aliphatic rings. The number of aromatic nitrogens is 3. The lowest BCUT2D eigenvalue weighted by Crippen LogP contribution is -2.47. The Balaban J connectivity index is 1.39. The van der Waals surface area contributed by atoms with Crippen LogP contribution in [0.15, 0.2) is 52.1 Å². The maximum Gasteiger partial charge on any atom is 0.191 e. The van der Waals surface area contributed by atoms with Crippen LogP contribution in [0.5, 0.6) is 0 Å². The van der Waals surface area contributed by atoms with Crippen LogP contribution in [0, 0.1) is 0 Å². The van der Waals surface area contributed by atoms with Crippen molar-refractivity contribution in [3.63, 3.8) is 0 Å². The highest BCUT2D eigenvalue weighted by molar-refractivity contribution is 5.80. The fraction of sp³-hybridized carbons (Fsp3) is 0.480. The first kappa shape index (κ1) is 23.0. The van der Waals surface area contributed by atoms with Crippen molar-refractivity contribution in [2.24, 2.45) is 4.99 Å². The van der Waals surface area contributed by atoms with Gasteiger partial charge in [-0.25, -0.2) is 14.7 Å². The molecule has 4 rings (SSSR count). The Morgan fingerprint density at radius 3 is 2.79 bits per heavy atom. The van der Waals surface area contributed by atoms with E-state index >= 15 is 0 Å². The van der Waals surface area contributed by atoms with Gasteiger partial charge in [-0.2, -0.15) is 5.10 Å². The van der Waals surface area contributed by atoms with Gasteiger partial charge in [-0.05, 0) is 43.7 Å². The lowest BCUT2D eigenvalue weighted by molar-refractivity contribution is 0.287. The van der Waals surface area contributed by atoms with Crippen molar-refractivity contribution in [1.29, 1.82) is 0 Å². The average molecular weight is 450 g/mol. The highest BCUT2D eigenvalue weighted by Gasteiger charge is 2.22. The molecule has 8 heteroatoms. The van der Waals surface area contributed by atoms with Crippen LogP contribution < -0.4 is 10.6 Å². The van der Waals surface area contributed by atoms with E-state index in [0.29, 0.717) is 6.54 Å². The number of furan rings is 1. The van der Waals surface area contributed by atoms with Gasteiger partial charge in [-0.15, -0.1) is 0 Å². The van der Waals surface area contributed by atoms with Crippen LogP contribution in [0.4, 0.5) is 0 Å². The van der Waals surface area contributed by atoms with Crippen LogP contribution >= 0.6 is 0 Å². The van der Waals surface area contributed by atoms with E-state index in [-0.39, 0.29) is 6.04 Å². The summed E-state index contributed by atoms with van der Waals surface area (Å²) in [4.78, 5) is 11.8. The van der Waals surface area contributed by atoms with Gasteiger partial charge in [0.2, 0.25) is 0 Å². The highest BCUT2D eigenvalue weighted by Crippen LogP contribution is 2.16. The van der Waals surface area contributed by atoms with Gasteiger partial charge in [0.05, 0.1) is 25.9 Å². The predicted octanol–water partition coefficient (Wildman–Crippen LogP) is 3.14. The molecule has 1 unspecified atom stereocenters. The Bertz CT molecular complexity index is 1040. The van der Waals surface area contributed by atoms with Crippen LogP contribution in [0.3, 0.4) is 0 Å². The second-order valence-corrected chi connectivity index (χ2v) is 8.58. The number of hydrogen-bond donors (Lipinski definition) is 2. The molecule has 3 heterocycles. The van der Waals surface area contributed by atoms with Crippen molar-refractivity contribution in [1.82, 2.24) is 30.3 Å². The number of nitrogens with one attached hydrogen (secondary N) is 2. The minimum absolute atomic E-state index is 0.288. The van der Waals surface area contributed by atoms with E-state index < -0.39 is 0 Å². The van der Waals surface area contributed by atoms with Gasteiger partial charge >= 0.3 is 0 Å². The number of aryl methyl sites for hydroxylation is 2. The summed E-state index contributed by atoms with van der Waals surface area (Å²) in [6, 6.07) is 12.8. The molecule has 0 fully saturated rings. The molecular formula is C25H35N7O. The van der Waals surface area contributed by atoms with Crippen LogP contribution in [0.25, 0.3) is 0 Å². The van der Waals surface area contributed by atoms with Crippen molar-refractivity contribution in [2.75, 3.05) is 13.6 Å². The molecule has 8 nitrogen and oxygen atoms in total. The zero-order valence-corrected chi connectivity index (χ0v) is 19.9. The molecule has 0 saturated carbocycles. The van der Waals surface area contributed by atoms with E-state index in [0.717, 1.165) is 68.8 Å². The van der Waals surface area contributed by atoms with E-state index in [1.54, 1.807) is 6.26 Å². The second-order valence-electron chi connectivity index (χ2n) is 8.58. The Labute approximate surface area is 196 Å². The topological polar surface area (TPSA) is 83.5 Å². The van der Waals surface area contributed by atoms with E-state index in [1.807, 2.05) is 16.8 Å². The van der Waals surface area contributed by atoms with Crippen molar-refractivity contribution in [2.45, 2.75) is 65.3 Å². The molecule has 1 aromatic carbocycles. The Kier molecular flexibility index (Phi) is 7.78. The first-order valence-corrected chi connectivity index (χ1v) is 11.9. The lowest BCUT2D eigenvalue weighted by Gasteiger charge is -2.25. The number of guanidine groups is 1. The number of fused-ring (bicyclic) bond motifs is 1. The third kappa shape index (κ3) is 6.22. The first-order chi connectivity index (χ1) is 16.1. The Morgan fingerprint density at radius 2 is 2.03 bits per heavy atom. The molecule has 2 aromatic heterocycles. The quantitative estimate of drug-likeness (QED) is 0.386. The van der Waals surface area contributed by atoms with Gasteiger partial charge in [0.1, 0.15) is 11.6 Å². The van der Waals surface area contributed by atoms with Crippen LogP contribution in [0.1, 0.15) is 48.8 Å². The van der Waals surface area contributed by atoms with E-state index in [2.05, 4.69) is 70.8 Å². The molecule has 0 radical (unpaired) electrons. The summed E-state index contributed by atoms with van der Waals surface area (Å²) in [5.41, 5.74) is 2.51. The van der Waals surface area contributed by atoms with E-state index in [9.17, 15) is 0 Å². The lowest BCUT2D eigenvalue weighted by atomic mass is 10.1. The molecular weight excluding hydrogens is 414 g/mol. The summed E-state index contributed by atoms with van der Waals surface area (Å²) in [5.74, 6) is 3.85. The second kappa shape index (κ2) is 11.1. The third-order valence-electron chi connectivity index (χ3n) is 5.88. The molecule has 1 aliphatic heterocycles. The minimum atomic E-state index is 0.288. The zero-order valence-electron chi connectivity index (χ0n) is 19.9. The number of hydrogen-bond acceptors (Lipinski definition) is 5. The maximum atomic E-state index is 5.49. The van der Waals surface area contributed by atoms with Gasteiger partial charge in [0.15, 0.2) is 11.8 Å². The number of rotatable bonds is 9. The standard InChI is InChI=1S/C25H35N7O/c1-4-23-29-24-13-12-21(17-32(24)30-23)28-25(26-5-2)27-15-19-9-6-7-10-20(19)16-31(3)18-22-11-8-14-33-22/h6-11,14,21H,4-5,12-13,15-18H2,1-3H3,(H2,26,27,28). The summed E-state index contributed by atoms with van der Waals surface area (Å²) < 4.78 is 7.54. The smallest absolute Gasteiger partial charge is 0.191 e. The maximum absolute atomic E-state index is 5.49. The number of nitrogens with zero attached hydrogens (tertiary/aromatic N) is 5. The Hall–Kier alpha value is -3.13. The van der Waals surface area contributed by atoms with Crippen molar-refractivity contribution >= 4 is 5.96 Å². The van der Waals surface area contributed by atoms with Gasteiger partial charge in [-0.1, -0.05) is 31.2 Å². The summed E-state index contributed by atoms with van der Waals surface area (Å²) in [5, 5.41) is 11.6. The van der Waals surface area contributed by atoms with Gasteiger partial charge in [0.25, 0.3) is 0 Å². The van der Waals surface area contributed by atoms with E-state index in [4.69, 9.17) is 9.41 Å². The summed E-state index contributed by atoms with van der Waals surface area (Å²) in [6.07, 6.45) is 4.56. The SMILES string of the molecule is CCNC(=NCc1ccccc1CN(C)Cc1ccco1)NC1CCc2nc(CC)nn2C1.